The van der Waals surface area contributed by atoms with Crippen LogP contribution in [0.3, 0.4) is 0 Å². The normalized spacial score (nSPS) is 15.4. The number of nitrogens with one attached hydrogen (secondary N) is 1. The van der Waals surface area contributed by atoms with Gasteiger partial charge in [0.2, 0.25) is 5.88 Å². The van der Waals surface area contributed by atoms with Crippen LogP contribution in [0.25, 0.3) is 5.65 Å². The number of carbonyl (C=O) groups is 2. The smallest absolute Gasteiger partial charge is 0.418 e. The Kier molecular flexibility index (Phi) is 8.31. The number of aliphatic hydroxyl groups excluding tert-OH is 1. The van der Waals surface area contributed by atoms with Crippen molar-refractivity contribution in [2.75, 3.05) is 29.9 Å². The minimum Gasteiger partial charge on any atom is -0.481 e. The predicted octanol–water partition coefficient (Wildman–Crippen LogP) is 4.20. The molecule has 11 nitrogen and oxygen atoms in total. The summed E-state index contributed by atoms with van der Waals surface area (Å²) in [4.78, 5) is 30.9. The van der Waals surface area contributed by atoms with Crippen molar-refractivity contribution in [2.45, 2.75) is 51.4 Å². The topological polar surface area (TPSA) is 134 Å². The number of β-amino-alcohol motifs (C(OH)–C–C–N with tert-alkyl or cyclic N) is 1. The Morgan fingerprint density at radius 2 is 1.98 bits per heavy atom. The molecule has 0 aliphatic carbocycles. The largest absolute Gasteiger partial charge is 0.481 e. The number of amides is 1. The van der Waals surface area contributed by atoms with Gasteiger partial charge in [0.15, 0.2) is 5.65 Å². The highest BCUT2D eigenvalue weighted by atomic mass is 19.4. The van der Waals surface area contributed by atoms with E-state index in [0.29, 0.717) is 30.2 Å². The minimum atomic E-state index is -4.84. The van der Waals surface area contributed by atoms with Gasteiger partial charge in [-0.05, 0) is 36.1 Å². The van der Waals surface area contributed by atoms with Crippen molar-refractivity contribution in [2.24, 2.45) is 0 Å². The van der Waals surface area contributed by atoms with Crippen molar-refractivity contribution < 1.29 is 37.7 Å². The maximum absolute atomic E-state index is 14.2. The van der Waals surface area contributed by atoms with Gasteiger partial charge in [-0.1, -0.05) is 13.8 Å². The van der Waals surface area contributed by atoms with Crippen LogP contribution in [0.15, 0.2) is 48.9 Å². The van der Waals surface area contributed by atoms with Gasteiger partial charge in [-0.25, -0.2) is 4.52 Å². The van der Waals surface area contributed by atoms with E-state index in [2.05, 4.69) is 15.4 Å². The first-order valence-electron chi connectivity index (χ1n) is 13.7. The van der Waals surface area contributed by atoms with E-state index in [0.717, 1.165) is 12.1 Å². The van der Waals surface area contributed by atoms with Gasteiger partial charge in [0, 0.05) is 49.0 Å². The van der Waals surface area contributed by atoms with Crippen LogP contribution in [-0.2, 0) is 23.9 Å². The number of hydrogen-bond donors (Lipinski definition) is 3. The van der Waals surface area contributed by atoms with E-state index in [-0.39, 0.29) is 42.4 Å². The molecule has 228 valence electrons. The molecule has 0 unspecified atom stereocenters. The molecule has 0 bridgehead atoms. The Balaban J connectivity index is 1.39. The third-order valence-electron chi connectivity index (χ3n) is 7.23. The van der Waals surface area contributed by atoms with E-state index in [1.807, 2.05) is 13.8 Å². The predicted molar refractivity (Wildman–Crippen MR) is 151 cm³/mol. The number of aliphatic hydroxyl groups is 1. The summed E-state index contributed by atoms with van der Waals surface area (Å²) in [5.41, 5.74) is -0.0595. The van der Waals surface area contributed by atoms with Gasteiger partial charge in [-0.15, -0.1) is 0 Å². The second-order valence-electron chi connectivity index (χ2n) is 10.6. The molecule has 4 aromatic rings. The van der Waals surface area contributed by atoms with Crippen molar-refractivity contribution in [1.29, 1.82) is 0 Å². The molecule has 1 saturated heterocycles. The summed E-state index contributed by atoms with van der Waals surface area (Å²) in [6, 6.07) is 6.87. The molecule has 1 amide bonds. The number of hydrogen-bond acceptors (Lipinski definition) is 7. The molecule has 1 aliphatic rings. The lowest BCUT2D eigenvalue weighted by Gasteiger charge is -2.25. The number of halogens is 3. The lowest BCUT2D eigenvalue weighted by atomic mass is 10.0. The lowest BCUT2D eigenvalue weighted by molar-refractivity contribution is -0.137. The number of rotatable bonds is 10. The van der Waals surface area contributed by atoms with E-state index in [1.165, 1.54) is 11.0 Å². The number of carbonyl (C=O) groups excluding carboxylic acids is 1. The number of aromatic nitrogens is 4. The Bertz CT molecular complexity index is 1650. The van der Waals surface area contributed by atoms with E-state index in [4.69, 9.17) is 4.74 Å². The summed E-state index contributed by atoms with van der Waals surface area (Å²) < 4.78 is 51.9. The standard InChI is InChI=1S/C29H31F3N6O5/c1-17(2)27-20(5-9-36(27)11-12-43-25-6-10-38-24(35-25)3-7-33-38)28(42)34-22-13-18(14-26(40)41)23(15-21(22)29(30,31)32)37-8-4-19(39)16-37/h3,5-7,9-10,13,15,17,19,39H,4,8,11-12,14,16H2,1-2H3,(H,34,42)(H,40,41)/t19-/m1/s1. The van der Waals surface area contributed by atoms with Gasteiger partial charge in [0.05, 0.1) is 42.1 Å². The summed E-state index contributed by atoms with van der Waals surface area (Å²) in [7, 11) is 0. The molecule has 3 N–H and O–H groups in total. The number of anilines is 2. The molecule has 14 heteroatoms. The van der Waals surface area contributed by atoms with Crippen LogP contribution in [0.4, 0.5) is 24.5 Å². The molecular weight excluding hydrogens is 569 g/mol. The van der Waals surface area contributed by atoms with Crippen molar-refractivity contribution in [3.05, 3.63) is 71.3 Å². The van der Waals surface area contributed by atoms with Crippen molar-refractivity contribution in [3.63, 3.8) is 0 Å². The minimum absolute atomic E-state index is 0.0696. The molecule has 0 spiro atoms. The average molecular weight is 601 g/mol. The summed E-state index contributed by atoms with van der Waals surface area (Å²) in [6.45, 7) is 4.66. The third kappa shape index (κ3) is 6.58. The molecule has 1 aliphatic heterocycles. The second kappa shape index (κ2) is 12.0. The number of aliphatic carboxylic acids is 1. The van der Waals surface area contributed by atoms with Gasteiger partial charge in [-0.3, -0.25) is 9.59 Å². The zero-order valence-corrected chi connectivity index (χ0v) is 23.5. The molecular formula is C29H31F3N6O5. The molecule has 1 fully saturated rings. The van der Waals surface area contributed by atoms with Gasteiger partial charge in [0.25, 0.3) is 5.91 Å². The Labute approximate surface area is 244 Å². The molecule has 5 rings (SSSR count). The maximum atomic E-state index is 14.2. The molecule has 3 aromatic heterocycles. The summed E-state index contributed by atoms with van der Waals surface area (Å²) in [6.07, 6.45) is -0.771. The van der Waals surface area contributed by atoms with Gasteiger partial charge in [0.1, 0.15) is 6.61 Å². The molecule has 1 aromatic carbocycles. The van der Waals surface area contributed by atoms with E-state index < -0.39 is 41.8 Å². The first-order chi connectivity index (χ1) is 20.4. The quantitative estimate of drug-likeness (QED) is 0.247. The first kappa shape index (κ1) is 29.9. The second-order valence-corrected chi connectivity index (χ2v) is 10.6. The maximum Gasteiger partial charge on any atom is 0.418 e. The number of ether oxygens (including phenoxy) is 1. The third-order valence-corrected chi connectivity index (χ3v) is 7.23. The van der Waals surface area contributed by atoms with Crippen LogP contribution < -0.4 is 15.0 Å². The molecule has 4 heterocycles. The summed E-state index contributed by atoms with van der Waals surface area (Å²) in [5.74, 6) is -1.76. The van der Waals surface area contributed by atoms with Crippen LogP contribution in [0.2, 0.25) is 0 Å². The molecule has 1 atom stereocenters. The SMILES string of the molecule is CC(C)c1c(C(=O)Nc2cc(CC(=O)O)c(N3CC[C@@H](O)C3)cc2C(F)(F)F)ccn1CCOc1ccn2nccc2n1. The Morgan fingerprint density at radius 1 is 1.19 bits per heavy atom. The Hall–Kier alpha value is -4.59. The number of alkyl halides is 3. The van der Waals surface area contributed by atoms with Crippen molar-refractivity contribution in [1.82, 2.24) is 19.2 Å². The van der Waals surface area contributed by atoms with Crippen LogP contribution in [0, 0.1) is 0 Å². The molecule has 0 saturated carbocycles. The highest BCUT2D eigenvalue weighted by Crippen LogP contribution is 2.40. The lowest BCUT2D eigenvalue weighted by Crippen LogP contribution is -2.25. The Morgan fingerprint density at radius 3 is 2.65 bits per heavy atom. The number of carboxylic acid groups (broad SMARTS) is 1. The van der Waals surface area contributed by atoms with Crippen molar-refractivity contribution >= 4 is 28.9 Å². The van der Waals surface area contributed by atoms with Crippen LogP contribution in [-0.4, -0.2) is 67.1 Å². The van der Waals surface area contributed by atoms with Crippen LogP contribution in [0.1, 0.15) is 53.4 Å². The number of nitrogens with zero attached hydrogens (tertiary/aromatic N) is 5. The van der Waals surface area contributed by atoms with Crippen molar-refractivity contribution in [3.8, 4) is 5.88 Å². The number of fused-ring (bicyclic) bond motifs is 1. The summed E-state index contributed by atoms with van der Waals surface area (Å²) >= 11 is 0. The highest BCUT2D eigenvalue weighted by molar-refractivity contribution is 6.06. The highest BCUT2D eigenvalue weighted by Gasteiger charge is 2.37. The monoisotopic (exact) mass is 600 g/mol. The van der Waals surface area contributed by atoms with E-state index in [1.54, 1.807) is 39.8 Å². The zero-order chi connectivity index (χ0) is 30.9. The van der Waals surface area contributed by atoms with Gasteiger partial charge in [-0.2, -0.15) is 23.3 Å². The average Bonchev–Trinajstić information content (AvgIpc) is 3.67. The fourth-order valence-corrected chi connectivity index (χ4v) is 5.36. The number of carboxylic acids is 1. The molecule has 43 heavy (non-hydrogen) atoms. The van der Waals surface area contributed by atoms with Gasteiger partial charge < -0.3 is 29.7 Å². The van der Waals surface area contributed by atoms with Crippen LogP contribution in [0.5, 0.6) is 5.88 Å². The fourth-order valence-electron chi connectivity index (χ4n) is 5.36. The zero-order valence-electron chi connectivity index (χ0n) is 23.5. The number of benzene rings is 1. The first-order valence-corrected chi connectivity index (χ1v) is 13.7. The molecule has 0 radical (unpaired) electrons. The van der Waals surface area contributed by atoms with Crippen LogP contribution >= 0.6 is 0 Å². The van der Waals surface area contributed by atoms with E-state index in [9.17, 15) is 33.0 Å². The van der Waals surface area contributed by atoms with Gasteiger partial charge >= 0.3 is 12.1 Å². The van der Waals surface area contributed by atoms with E-state index >= 15 is 0 Å². The fraction of sp³-hybridized carbons (Fsp3) is 0.379. The summed E-state index contributed by atoms with van der Waals surface area (Å²) in [5, 5.41) is 25.9.